The predicted molar refractivity (Wildman–Crippen MR) is 41.5 cm³/mol. The Morgan fingerprint density at radius 1 is 1.42 bits per heavy atom. The molecule has 0 atom stereocenters. The lowest BCUT2D eigenvalue weighted by atomic mass is 10.5. The van der Waals surface area contributed by atoms with Gasteiger partial charge < -0.3 is 9.84 Å². The molecule has 12 heavy (non-hydrogen) atoms. The van der Waals surface area contributed by atoms with E-state index in [0.29, 0.717) is 26.3 Å². The van der Waals surface area contributed by atoms with Crippen molar-refractivity contribution < 1.29 is 18.3 Å². The summed E-state index contributed by atoms with van der Waals surface area (Å²) in [6.07, 6.45) is 0. The molecule has 0 spiro atoms. The molecule has 2 N–H and O–H groups in total. The zero-order valence-corrected chi connectivity index (χ0v) is 7.38. The molecule has 0 aromatic heterocycles. The van der Waals surface area contributed by atoms with Gasteiger partial charge in [0.05, 0.1) is 13.2 Å². The molecule has 1 fully saturated rings. The highest BCUT2D eigenvalue weighted by Gasteiger charge is 2.22. The first-order valence-electron chi connectivity index (χ1n) is 3.60. The minimum absolute atomic E-state index is 0.343. The number of ether oxygens (including phenoxy) is 1. The molecular weight excluding hydrogens is 184 g/mol. The molecule has 0 saturated carbocycles. The monoisotopic (exact) mass is 196 g/mol. The third-order valence-corrected chi connectivity index (χ3v) is 3.10. The number of aliphatic hydroxyl groups is 1. The highest BCUT2D eigenvalue weighted by atomic mass is 32.2. The molecule has 72 valence electrons. The van der Waals surface area contributed by atoms with E-state index >= 15 is 0 Å². The van der Waals surface area contributed by atoms with E-state index in [-0.39, 0.29) is 0 Å². The van der Waals surface area contributed by atoms with E-state index in [1.54, 1.807) is 0 Å². The van der Waals surface area contributed by atoms with Crippen LogP contribution in [-0.2, 0) is 14.9 Å². The predicted octanol–water partition coefficient (Wildman–Crippen LogP) is -1.90. The summed E-state index contributed by atoms with van der Waals surface area (Å²) in [5.74, 6) is 0. The van der Waals surface area contributed by atoms with Crippen molar-refractivity contribution in [3.63, 3.8) is 0 Å². The van der Waals surface area contributed by atoms with Crippen molar-refractivity contribution in [3.8, 4) is 0 Å². The third-order valence-electron chi connectivity index (χ3n) is 1.56. The van der Waals surface area contributed by atoms with Crippen LogP contribution in [0.2, 0.25) is 0 Å². The second-order valence-corrected chi connectivity index (χ2v) is 4.07. The summed E-state index contributed by atoms with van der Waals surface area (Å²) in [6, 6.07) is 0. The first-order chi connectivity index (χ1) is 5.67. The van der Waals surface area contributed by atoms with Gasteiger partial charge in [0.1, 0.15) is 6.73 Å². The van der Waals surface area contributed by atoms with Gasteiger partial charge in [-0.15, -0.1) is 0 Å². The number of morpholine rings is 1. The van der Waals surface area contributed by atoms with E-state index in [0.717, 1.165) is 0 Å². The Morgan fingerprint density at radius 2 is 2.00 bits per heavy atom. The standard InChI is InChI=1S/C5H12N2O4S/c8-5-6-12(9,10)7-1-3-11-4-2-7/h6,8H,1-5H2. The zero-order valence-electron chi connectivity index (χ0n) is 6.56. The van der Waals surface area contributed by atoms with E-state index in [9.17, 15) is 8.42 Å². The maximum Gasteiger partial charge on any atom is 0.281 e. The Kier molecular flexibility index (Phi) is 3.41. The smallest absolute Gasteiger partial charge is 0.281 e. The molecule has 1 rings (SSSR count). The molecule has 1 aliphatic rings. The van der Waals surface area contributed by atoms with Gasteiger partial charge in [0, 0.05) is 13.1 Å². The molecule has 1 saturated heterocycles. The van der Waals surface area contributed by atoms with Crippen LogP contribution in [0.3, 0.4) is 0 Å². The summed E-state index contributed by atoms with van der Waals surface area (Å²) < 4.78 is 30.6. The van der Waals surface area contributed by atoms with Gasteiger partial charge in [-0.05, 0) is 0 Å². The SMILES string of the molecule is O=S(=O)(NCO)N1CCOCC1. The average molecular weight is 196 g/mol. The van der Waals surface area contributed by atoms with Crippen LogP contribution in [-0.4, -0.2) is 50.9 Å². The minimum Gasteiger partial charge on any atom is -0.380 e. The third kappa shape index (κ3) is 2.39. The van der Waals surface area contributed by atoms with E-state index in [1.165, 1.54) is 4.31 Å². The fourth-order valence-electron chi connectivity index (χ4n) is 0.960. The number of nitrogens with one attached hydrogen (secondary N) is 1. The molecule has 1 heterocycles. The fraction of sp³-hybridized carbons (Fsp3) is 1.00. The molecule has 0 aromatic rings. The van der Waals surface area contributed by atoms with Gasteiger partial charge in [-0.2, -0.15) is 17.4 Å². The van der Waals surface area contributed by atoms with Crippen LogP contribution < -0.4 is 4.72 Å². The maximum absolute atomic E-state index is 11.2. The van der Waals surface area contributed by atoms with Crippen molar-refractivity contribution in [2.75, 3.05) is 33.0 Å². The van der Waals surface area contributed by atoms with Crippen LogP contribution in [0.4, 0.5) is 0 Å². The van der Waals surface area contributed by atoms with Gasteiger partial charge in [-0.3, -0.25) is 0 Å². The lowest BCUT2D eigenvalue weighted by Crippen LogP contribution is -2.46. The summed E-state index contributed by atoms with van der Waals surface area (Å²) in [6.45, 7) is 0.934. The van der Waals surface area contributed by atoms with Crippen molar-refractivity contribution in [2.24, 2.45) is 0 Å². The summed E-state index contributed by atoms with van der Waals surface area (Å²) in [5.41, 5.74) is 0. The summed E-state index contributed by atoms with van der Waals surface area (Å²) in [7, 11) is -3.48. The van der Waals surface area contributed by atoms with Crippen LogP contribution in [0.5, 0.6) is 0 Å². The van der Waals surface area contributed by atoms with Crippen molar-refractivity contribution in [1.29, 1.82) is 0 Å². The van der Waals surface area contributed by atoms with Gasteiger partial charge in [-0.25, -0.2) is 0 Å². The van der Waals surface area contributed by atoms with Crippen LogP contribution in [0.15, 0.2) is 0 Å². The number of rotatable bonds is 3. The molecule has 1 aliphatic heterocycles. The molecule has 0 aliphatic carbocycles. The Balaban J connectivity index is 2.54. The quantitative estimate of drug-likeness (QED) is 0.517. The van der Waals surface area contributed by atoms with Crippen molar-refractivity contribution >= 4 is 10.2 Å². The maximum atomic E-state index is 11.2. The van der Waals surface area contributed by atoms with Gasteiger partial charge in [-0.1, -0.05) is 0 Å². The first kappa shape index (κ1) is 9.87. The number of hydrogen-bond acceptors (Lipinski definition) is 4. The van der Waals surface area contributed by atoms with Crippen LogP contribution in [0.25, 0.3) is 0 Å². The molecule has 0 amide bonds. The van der Waals surface area contributed by atoms with Gasteiger partial charge >= 0.3 is 0 Å². The Morgan fingerprint density at radius 3 is 2.50 bits per heavy atom. The molecule has 0 bridgehead atoms. The lowest BCUT2D eigenvalue weighted by molar-refractivity contribution is 0.0720. The van der Waals surface area contributed by atoms with E-state index in [2.05, 4.69) is 0 Å². The first-order valence-corrected chi connectivity index (χ1v) is 5.04. The van der Waals surface area contributed by atoms with Crippen LogP contribution >= 0.6 is 0 Å². The summed E-state index contributed by atoms with van der Waals surface area (Å²) in [4.78, 5) is 0. The van der Waals surface area contributed by atoms with Gasteiger partial charge in [0.15, 0.2) is 0 Å². The van der Waals surface area contributed by atoms with Crippen molar-refractivity contribution in [1.82, 2.24) is 9.03 Å². The molecule has 0 unspecified atom stereocenters. The second kappa shape index (κ2) is 4.15. The van der Waals surface area contributed by atoms with Gasteiger partial charge in [0.2, 0.25) is 0 Å². The van der Waals surface area contributed by atoms with Gasteiger partial charge in [0.25, 0.3) is 10.2 Å². The number of aliphatic hydroxyl groups excluding tert-OH is 1. The zero-order chi connectivity index (χ0) is 9.03. The number of hydrogen-bond donors (Lipinski definition) is 2. The Bertz CT molecular complexity index is 222. The average Bonchev–Trinajstić information content (AvgIpc) is 2.06. The van der Waals surface area contributed by atoms with Crippen molar-refractivity contribution in [3.05, 3.63) is 0 Å². The lowest BCUT2D eigenvalue weighted by Gasteiger charge is -2.25. The molecule has 6 nitrogen and oxygen atoms in total. The highest BCUT2D eigenvalue weighted by Crippen LogP contribution is 2.01. The molecule has 0 aromatic carbocycles. The highest BCUT2D eigenvalue weighted by molar-refractivity contribution is 7.87. The van der Waals surface area contributed by atoms with E-state index in [4.69, 9.17) is 9.84 Å². The molecule has 0 radical (unpaired) electrons. The molecular formula is C5H12N2O4S. The Labute approximate surface area is 71.3 Å². The second-order valence-electron chi connectivity index (χ2n) is 2.32. The summed E-state index contributed by atoms with van der Waals surface area (Å²) >= 11 is 0. The topological polar surface area (TPSA) is 78.9 Å². The van der Waals surface area contributed by atoms with E-state index < -0.39 is 16.9 Å². The largest absolute Gasteiger partial charge is 0.380 e. The Hall–Kier alpha value is -0.210. The molecule has 7 heteroatoms. The van der Waals surface area contributed by atoms with Crippen LogP contribution in [0, 0.1) is 0 Å². The van der Waals surface area contributed by atoms with Crippen LogP contribution in [0.1, 0.15) is 0 Å². The van der Waals surface area contributed by atoms with E-state index in [1.807, 2.05) is 4.72 Å². The van der Waals surface area contributed by atoms with Crippen molar-refractivity contribution in [2.45, 2.75) is 0 Å². The normalized spacial score (nSPS) is 21.1. The minimum atomic E-state index is -3.48. The fourth-order valence-corrected chi connectivity index (χ4v) is 1.94. The number of nitrogens with zero attached hydrogens (tertiary/aromatic N) is 1. The summed E-state index contributed by atoms with van der Waals surface area (Å²) in [5, 5.41) is 8.38.